The molecule has 0 atom stereocenters. The average molecular weight is 735 g/mol. The van der Waals surface area contributed by atoms with E-state index in [1.54, 1.807) is 35.4 Å². The molecule has 0 fully saturated rings. The summed E-state index contributed by atoms with van der Waals surface area (Å²) in [7, 11) is 13.5. The smallest absolute Gasteiger partial charge is 0.177 e. The molecule has 0 aliphatic carbocycles. The summed E-state index contributed by atoms with van der Waals surface area (Å²) in [4.78, 5) is 18.0. The molecule has 0 radical (unpaired) electrons. The van der Waals surface area contributed by atoms with E-state index in [4.69, 9.17) is 4.98 Å². The first-order valence-corrected chi connectivity index (χ1v) is 17.5. The second-order valence-corrected chi connectivity index (χ2v) is 13.4. The minimum absolute atomic E-state index is 0.0644. The summed E-state index contributed by atoms with van der Waals surface area (Å²) in [6, 6.07) is 30.9. The average Bonchev–Trinajstić information content (AvgIpc) is 3.83. The van der Waals surface area contributed by atoms with E-state index in [0.717, 1.165) is 56.4 Å². The van der Waals surface area contributed by atoms with E-state index in [-0.39, 0.29) is 22.8 Å². The molecule has 0 saturated carbocycles. The zero-order chi connectivity index (χ0) is 40.1. The SMILES string of the molecule is CN(C)c1ccc(-c2nc(/C=C/c3cc(/C=C/c4nc(C#N)c(C#N)n4C)cc(/C=C/c4nc(C#N)c(C#N)n4C)c3)n(C)c2-c2ccc(N(C)C)cc2)cc1. The summed E-state index contributed by atoms with van der Waals surface area (Å²) in [5, 5.41) is 38.1. The molecule has 3 heterocycles. The summed E-state index contributed by atoms with van der Waals surface area (Å²) in [5.74, 6) is 1.67. The Labute approximate surface area is 326 Å². The standard InChI is InChI=1S/C44H38N12/c1-52(2)34-15-11-32(12-16-34)43-44(33-13-17-35(18-14-33)53(3)4)56(7)42(51-43)21-10-31-23-29(8-19-40-49-36(25-45)38(27-47)54(40)5)22-30(24-31)9-20-41-50-37(26-46)39(28-48)55(41)6/h8-24H,1-7H3/b19-8+,20-9+,21-10+. The van der Waals surface area contributed by atoms with Crippen LogP contribution < -0.4 is 9.80 Å². The Bertz CT molecular complexity index is 2600. The van der Waals surface area contributed by atoms with Gasteiger partial charge in [0.15, 0.2) is 22.8 Å². The van der Waals surface area contributed by atoms with Crippen LogP contribution in [-0.2, 0) is 21.1 Å². The third-order valence-electron chi connectivity index (χ3n) is 9.40. The summed E-state index contributed by atoms with van der Waals surface area (Å²) in [5.41, 5.74) is 9.11. The predicted molar refractivity (Wildman–Crippen MR) is 221 cm³/mol. The van der Waals surface area contributed by atoms with E-state index in [1.807, 2.05) is 102 Å². The van der Waals surface area contributed by atoms with Crippen LogP contribution in [0.5, 0.6) is 0 Å². The Morgan fingerprint density at radius 2 is 0.857 bits per heavy atom. The summed E-state index contributed by atoms with van der Waals surface area (Å²) >= 11 is 0. The Morgan fingerprint density at radius 1 is 0.482 bits per heavy atom. The van der Waals surface area contributed by atoms with Crippen LogP contribution >= 0.6 is 0 Å². The molecule has 0 aliphatic heterocycles. The Kier molecular flexibility index (Phi) is 10.8. The van der Waals surface area contributed by atoms with Crippen LogP contribution in [-0.4, -0.2) is 56.8 Å². The minimum atomic E-state index is 0.0644. The maximum absolute atomic E-state index is 9.55. The number of nitriles is 4. The molecule has 56 heavy (non-hydrogen) atoms. The van der Waals surface area contributed by atoms with Crippen molar-refractivity contribution in [2.75, 3.05) is 38.0 Å². The Morgan fingerprint density at radius 3 is 1.20 bits per heavy atom. The topological polar surface area (TPSA) is 155 Å². The monoisotopic (exact) mass is 734 g/mol. The largest absolute Gasteiger partial charge is 0.378 e. The van der Waals surface area contributed by atoms with Crippen molar-refractivity contribution >= 4 is 47.8 Å². The van der Waals surface area contributed by atoms with E-state index in [1.165, 1.54) is 0 Å². The first-order chi connectivity index (χ1) is 27.0. The van der Waals surface area contributed by atoms with Crippen molar-refractivity contribution in [3.05, 3.63) is 124 Å². The van der Waals surface area contributed by atoms with Gasteiger partial charge in [0.05, 0.1) is 11.4 Å². The number of rotatable bonds is 10. The summed E-state index contributed by atoms with van der Waals surface area (Å²) < 4.78 is 5.26. The van der Waals surface area contributed by atoms with Crippen LogP contribution in [0, 0.1) is 45.3 Å². The van der Waals surface area contributed by atoms with Crippen LogP contribution in [0.1, 0.15) is 56.9 Å². The first kappa shape index (κ1) is 37.8. The van der Waals surface area contributed by atoms with Crippen LogP contribution in [0.25, 0.3) is 59.0 Å². The fourth-order valence-electron chi connectivity index (χ4n) is 6.28. The summed E-state index contributed by atoms with van der Waals surface area (Å²) in [6.07, 6.45) is 11.2. The minimum Gasteiger partial charge on any atom is -0.378 e. The van der Waals surface area contributed by atoms with Crippen LogP contribution in [0.3, 0.4) is 0 Å². The third kappa shape index (κ3) is 7.59. The molecule has 6 rings (SSSR count). The van der Waals surface area contributed by atoms with Gasteiger partial charge in [0.2, 0.25) is 0 Å². The molecule has 12 nitrogen and oxygen atoms in total. The lowest BCUT2D eigenvalue weighted by atomic mass is 10.0. The van der Waals surface area contributed by atoms with Gasteiger partial charge in [0, 0.05) is 71.8 Å². The molecule has 0 unspecified atom stereocenters. The van der Waals surface area contributed by atoms with Crippen molar-refractivity contribution in [3.63, 3.8) is 0 Å². The second kappa shape index (κ2) is 16.0. The molecule has 0 saturated heterocycles. The number of anilines is 2. The van der Waals surface area contributed by atoms with Crippen LogP contribution in [0.4, 0.5) is 11.4 Å². The van der Waals surface area contributed by atoms with Gasteiger partial charge in [0.25, 0.3) is 0 Å². The molecule has 12 heteroatoms. The quantitative estimate of drug-likeness (QED) is 0.140. The van der Waals surface area contributed by atoms with E-state index in [9.17, 15) is 21.0 Å². The molecule has 0 amide bonds. The zero-order valence-electron chi connectivity index (χ0n) is 32.2. The van der Waals surface area contributed by atoms with Crippen LogP contribution in [0.2, 0.25) is 0 Å². The van der Waals surface area contributed by atoms with E-state index < -0.39 is 0 Å². The van der Waals surface area contributed by atoms with Crippen molar-refractivity contribution < 1.29 is 0 Å². The van der Waals surface area contributed by atoms with Crippen molar-refractivity contribution in [1.82, 2.24) is 28.7 Å². The first-order valence-electron chi connectivity index (χ1n) is 17.5. The lowest BCUT2D eigenvalue weighted by Gasteiger charge is -2.14. The van der Waals surface area contributed by atoms with Crippen molar-refractivity contribution in [2.45, 2.75) is 0 Å². The fraction of sp³-hybridized carbons (Fsp3) is 0.159. The molecule has 274 valence electrons. The highest BCUT2D eigenvalue weighted by Gasteiger charge is 2.18. The summed E-state index contributed by atoms with van der Waals surface area (Å²) in [6.45, 7) is 0. The molecule has 3 aromatic carbocycles. The van der Waals surface area contributed by atoms with Gasteiger partial charge in [-0.15, -0.1) is 0 Å². The normalized spacial score (nSPS) is 11.2. The van der Waals surface area contributed by atoms with Gasteiger partial charge >= 0.3 is 0 Å². The highest BCUT2D eigenvalue weighted by atomic mass is 15.1. The number of aromatic nitrogens is 6. The lowest BCUT2D eigenvalue weighted by Crippen LogP contribution is -2.08. The molecule has 6 aromatic rings. The Hall–Kier alpha value is -7.93. The fourth-order valence-corrected chi connectivity index (χ4v) is 6.28. The molecule has 0 aliphatic rings. The number of imidazole rings is 3. The molecule has 0 bridgehead atoms. The lowest BCUT2D eigenvalue weighted by molar-refractivity contribution is 0.882. The van der Waals surface area contributed by atoms with E-state index >= 15 is 0 Å². The van der Waals surface area contributed by atoms with Gasteiger partial charge in [-0.2, -0.15) is 21.0 Å². The number of hydrogen-bond donors (Lipinski definition) is 0. The molecule has 0 spiro atoms. The maximum Gasteiger partial charge on any atom is 0.177 e. The van der Waals surface area contributed by atoms with Crippen molar-refractivity contribution in [1.29, 1.82) is 21.0 Å². The highest BCUT2D eigenvalue weighted by Crippen LogP contribution is 2.34. The number of nitrogens with zero attached hydrogens (tertiary/aromatic N) is 12. The zero-order valence-corrected chi connectivity index (χ0v) is 32.2. The second-order valence-electron chi connectivity index (χ2n) is 13.4. The number of benzene rings is 3. The highest BCUT2D eigenvalue weighted by molar-refractivity contribution is 5.83. The van der Waals surface area contributed by atoms with Gasteiger partial charge in [0.1, 0.15) is 41.8 Å². The molecular weight excluding hydrogens is 697 g/mol. The van der Waals surface area contributed by atoms with Gasteiger partial charge in [-0.25, -0.2) is 15.0 Å². The number of hydrogen-bond acceptors (Lipinski definition) is 9. The van der Waals surface area contributed by atoms with Gasteiger partial charge < -0.3 is 23.5 Å². The molecule has 3 aromatic heterocycles. The predicted octanol–water partition coefficient (Wildman–Crippen LogP) is 7.35. The molecule has 0 N–H and O–H groups in total. The van der Waals surface area contributed by atoms with E-state index in [2.05, 4.69) is 72.9 Å². The van der Waals surface area contributed by atoms with Gasteiger partial charge in [-0.1, -0.05) is 42.5 Å². The third-order valence-corrected chi connectivity index (χ3v) is 9.40. The van der Waals surface area contributed by atoms with Crippen molar-refractivity contribution in [2.24, 2.45) is 21.1 Å². The van der Waals surface area contributed by atoms with Crippen molar-refractivity contribution in [3.8, 4) is 46.8 Å². The molecular formula is C44H38N12. The van der Waals surface area contributed by atoms with Crippen LogP contribution in [0.15, 0.2) is 66.7 Å². The Balaban J connectivity index is 1.44. The van der Waals surface area contributed by atoms with E-state index in [0.29, 0.717) is 11.6 Å². The van der Waals surface area contributed by atoms with Gasteiger partial charge in [-0.05, 0) is 77.4 Å². The maximum atomic E-state index is 9.55. The van der Waals surface area contributed by atoms with Gasteiger partial charge in [-0.3, -0.25) is 0 Å².